The Balaban J connectivity index is 1.84. The molecule has 7 nitrogen and oxygen atoms in total. The minimum Gasteiger partial charge on any atom is -0.456 e. The summed E-state index contributed by atoms with van der Waals surface area (Å²) < 4.78 is 57.4. The van der Waals surface area contributed by atoms with Gasteiger partial charge in [-0.2, -0.15) is 0 Å². The number of fused-ring (bicyclic) bond motifs is 1. The van der Waals surface area contributed by atoms with Crippen molar-refractivity contribution in [3.05, 3.63) is 52.9 Å². The highest BCUT2D eigenvalue weighted by Gasteiger charge is 2.26. The molecular formula is C18H10F2N2O5S2. The number of furan rings is 1. The highest BCUT2D eigenvalue weighted by atomic mass is 32.2. The van der Waals surface area contributed by atoms with Gasteiger partial charge in [0, 0.05) is 35.7 Å². The number of amides is 2. The molecule has 1 N–H and O–H groups in total. The Hall–Kier alpha value is -3.05. The monoisotopic (exact) mass is 436 g/mol. The Kier molecular flexibility index (Phi) is 4.50. The molecule has 4 rings (SSSR count). The molecule has 29 heavy (non-hydrogen) atoms. The van der Waals surface area contributed by atoms with Crippen molar-refractivity contribution >= 4 is 49.8 Å². The van der Waals surface area contributed by atoms with Crippen LogP contribution in [0.3, 0.4) is 0 Å². The normalized spacial score (nSPS) is 16.0. The van der Waals surface area contributed by atoms with Crippen LogP contribution in [0.2, 0.25) is 0 Å². The first-order chi connectivity index (χ1) is 13.6. The number of nitrogens with one attached hydrogen (secondary N) is 1. The first kappa shape index (κ1) is 19.3. The molecule has 0 saturated carbocycles. The van der Waals surface area contributed by atoms with E-state index >= 15 is 0 Å². The van der Waals surface area contributed by atoms with Crippen molar-refractivity contribution in [1.29, 1.82) is 0 Å². The van der Waals surface area contributed by atoms with Gasteiger partial charge in [-0.15, -0.1) is 0 Å². The topological polar surface area (TPSA) is 106 Å². The lowest BCUT2D eigenvalue weighted by molar-refractivity contribution is -0.115. The van der Waals surface area contributed by atoms with E-state index in [0.717, 1.165) is 12.1 Å². The Bertz CT molecular complexity index is 1320. The summed E-state index contributed by atoms with van der Waals surface area (Å²) in [4.78, 5) is 26.1. The fourth-order valence-corrected chi connectivity index (χ4v) is 4.37. The summed E-state index contributed by atoms with van der Waals surface area (Å²) in [5, 5.41) is 2.10. The molecule has 1 fully saturated rings. The summed E-state index contributed by atoms with van der Waals surface area (Å²) in [6.45, 7) is 0. The van der Waals surface area contributed by atoms with Crippen LogP contribution in [0, 0.1) is 11.6 Å². The Morgan fingerprint density at radius 3 is 2.41 bits per heavy atom. The van der Waals surface area contributed by atoms with Crippen molar-refractivity contribution in [2.75, 3.05) is 6.26 Å². The van der Waals surface area contributed by atoms with Crippen LogP contribution < -0.4 is 5.32 Å². The second-order valence-corrected chi connectivity index (χ2v) is 9.11. The molecule has 1 aliphatic rings. The number of hydrogen-bond donors (Lipinski definition) is 1. The third-order valence-electron chi connectivity index (χ3n) is 4.04. The summed E-state index contributed by atoms with van der Waals surface area (Å²) in [7, 11) is -4.09. The molecule has 148 valence electrons. The zero-order valence-electron chi connectivity index (χ0n) is 14.5. The molecule has 0 spiro atoms. The first-order valence-corrected chi connectivity index (χ1v) is 10.7. The molecule has 0 radical (unpaired) electrons. The highest BCUT2D eigenvalue weighted by Crippen LogP contribution is 2.34. The smallest absolute Gasteiger partial charge is 0.290 e. The van der Waals surface area contributed by atoms with E-state index in [9.17, 15) is 26.8 Å². The van der Waals surface area contributed by atoms with E-state index in [-0.39, 0.29) is 27.4 Å². The van der Waals surface area contributed by atoms with E-state index in [1.807, 2.05) is 0 Å². The average Bonchev–Trinajstić information content (AvgIpc) is 3.14. The fourth-order valence-electron chi connectivity index (χ4n) is 2.88. The zero-order valence-corrected chi connectivity index (χ0v) is 16.2. The lowest BCUT2D eigenvalue weighted by Crippen LogP contribution is -2.17. The molecular weight excluding hydrogens is 426 g/mol. The van der Waals surface area contributed by atoms with Gasteiger partial charge in [0.2, 0.25) is 0 Å². The molecule has 0 atom stereocenters. The molecule has 2 amide bonds. The number of carbonyl (C=O) groups is 2. The van der Waals surface area contributed by atoms with Gasteiger partial charge in [-0.05, 0) is 35.5 Å². The predicted molar refractivity (Wildman–Crippen MR) is 102 cm³/mol. The van der Waals surface area contributed by atoms with Gasteiger partial charge in [0.05, 0.1) is 4.91 Å². The summed E-state index contributed by atoms with van der Waals surface area (Å²) in [5.74, 6) is -2.79. The number of benzene rings is 1. The largest absolute Gasteiger partial charge is 0.456 e. The number of nitrogens with zero attached hydrogens (tertiary/aromatic N) is 1. The number of hydrogen-bond acceptors (Lipinski definition) is 7. The molecule has 1 aliphatic heterocycles. The van der Waals surface area contributed by atoms with E-state index in [2.05, 4.69) is 10.3 Å². The molecule has 0 aliphatic carbocycles. The number of imide groups is 1. The third kappa shape index (κ3) is 3.54. The predicted octanol–water partition coefficient (Wildman–Crippen LogP) is 3.50. The third-order valence-corrected chi connectivity index (χ3v) is 5.98. The maximum atomic E-state index is 14.3. The summed E-state index contributed by atoms with van der Waals surface area (Å²) in [6.07, 6.45) is 4.85. The van der Waals surface area contributed by atoms with Gasteiger partial charge in [0.25, 0.3) is 11.1 Å². The van der Waals surface area contributed by atoms with Gasteiger partial charge >= 0.3 is 0 Å². The van der Waals surface area contributed by atoms with Crippen LogP contribution in [0.15, 0.2) is 44.8 Å². The summed E-state index contributed by atoms with van der Waals surface area (Å²) >= 11 is 0.717. The molecule has 3 aromatic rings. The number of halogens is 2. The van der Waals surface area contributed by atoms with Gasteiger partial charge in [-0.1, -0.05) is 0 Å². The fraction of sp³-hybridized carbons (Fsp3) is 0.0556. The lowest BCUT2D eigenvalue weighted by atomic mass is 10.1. The standard InChI is InChI=1S/C18H10F2N2O5S2/c1-29(25,26)16-12(19)3-8(4-13(16)20)11-7-21-6-9-2-10(27-15(9)11)5-14-17(23)22-18(24)28-14/h2-7H,1H3,(H,22,23,24). The second-order valence-electron chi connectivity index (χ2n) is 6.15. The SMILES string of the molecule is CS(=O)(=O)c1c(F)cc(-c2cncc3cc(C=C4SC(=O)NC4=O)oc23)cc1F. The number of pyridine rings is 1. The molecule has 1 aromatic carbocycles. The van der Waals surface area contributed by atoms with Crippen molar-refractivity contribution in [1.82, 2.24) is 10.3 Å². The Labute approximate surface area is 166 Å². The minimum atomic E-state index is -4.09. The summed E-state index contributed by atoms with van der Waals surface area (Å²) in [5.41, 5.74) is 0.485. The van der Waals surface area contributed by atoms with Gasteiger partial charge < -0.3 is 4.42 Å². The van der Waals surface area contributed by atoms with Crippen LogP contribution in [0.4, 0.5) is 13.6 Å². The van der Waals surface area contributed by atoms with E-state index in [1.54, 1.807) is 6.07 Å². The highest BCUT2D eigenvalue weighted by molar-refractivity contribution is 8.18. The van der Waals surface area contributed by atoms with Gasteiger partial charge in [-0.3, -0.25) is 19.9 Å². The number of rotatable bonds is 3. The molecule has 0 unspecified atom stereocenters. The van der Waals surface area contributed by atoms with Crippen molar-refractivity contribution in [2.45, 2.75) is 4.90 Å². The van der Waals surface area contributed by atoms with Crippen LogP contribution in [-0.4, -0.2) is 30.8 Å². The lowest BCUT2D eigenvalue weighted by Gasteiger charge is -2.07. The zero-order chi connectivity index (χ0) is 20.9. The number of sulfone groups is 1. The van der Waals surface area contributed by atoms with Gasteiger partial charge in [0.1, 0.15) is 27.9 Å². The van der Waals surface area contributed by atoms with E-state index in [1.165, 1.54) is 18.5 Å². The maximum Gasteiger partial charge on any atom is 0.290 e. The quantitative estimate of drug-likeness (QED) is 0.626. The van der Waals surface area contributed by atoms with Crippen LogP contribution in [0.25, 0.3) is 28.2 Å². The minimum absolute atomic E-state index is 0.0298. The Morgan fingerprint density at radius 2 is 1.83 bits per heavy atom. The van der Waals surface area contributed by atoms with Crippen LogP contribution in [0.1, 0.15) is 5.76 Å². The number of thioether (sulfide) groups is 1. The average molecular weight is 436 g/mol. The van der Waals surface area contributed by atoms with Crippen LogP contribution in [0.5, 0.6) is 0 Å². The van der Waals surface area contributed by atoms with Crippen LogP contribution >= 0.6 is 11.8 Å². The molecule has 1 saturated heterocycles. The molecule has 3 heterocycles. The van der Waals surface area contributed by atoms with Gasteiger partial charge in [0.15, 0.2) is 9.84 Å². The molecule has 2 aromatic heterocycles. The van der Waals surface area contributed by atoms with E-state index in [4.69, 9.17) is 4.42 Å². The summed E-state index contributed by atoms with van der Waals surface area (Å²) in [6, 6.07) is 3.32. The number of carbonyl (C=O) groups excluding carboxylic acids is 2. The van der Waals surface area contributed by atoms with Crippen molar-refractivity contribution in [3.8, 4) is 11.1 Å². The molecule has 0 bridgehead atoms. The van der Waals surface area contributed by atoms with E-state index in [0.29, 0.717) is 23.4 Å². The van der Waals surface area contributed by atoms with Crippen molar-refractivity contribution < 1.29 is 31.2 Å². The number of aromatic nitrogens is 1. The maximum absolute atomic E-state index is 14.3. The van der Waals surface area contributed by atoms with E-state index < -0.39 is 37.5 Å². The first-order valence-electron chi connectivity index (χ1n) is 7.95. The second kappa shape index (κ2) is 6.78. The van der Waals surface area contributed by atoms with Crippen molar-refractivity contribution in [3.63, 3.8) is 0 Å². The van der Waals surface area contributed by atoms with Crippen molar-refractivity contribution in [2.24, 2.45) is 0 Å². The van der Waals surface area contributed by atoms with Crippen LogP contribution in [-0.2, 0) is 14.6 Å². The molecule has 11 heteroatoms. The Morgan fingerprint density at radius 1 is 1.14 bits per heavy atom. The van der Waals surface area contributed by atoms with Gasteiger partial charge in [-0.25, -0.2) is 17.2 Å².